The minimum Gasteiger partial charge on any atom is -0.391 e. The number of benzene rings is 1. The number of piperidine rings is 1. The highest BCUT2D eigenvalue weighted by molar-refractivity contribution is 5.90. The van der Waals surface area contributed by atoms with Crippen LogP contribution in [0.4, 0.5) is 0 Å². The van der Waals surface area contributed by atoms with Crippen molar-refractivity contribution >= 4 is 11.8 Å². The molecule has 4 atom stereocenters. The minimum absolute atomic E-state index is 0.0981. The summed E-state index contributed by atoms with van der Waals surface area (Å²) >= 11 is 0. The van der Waals surface area contributed by atoms with Gasteiger partial charge in [0.25, 0.3) is 0 Å². The number of aliphatic hydroxyl groups is 1. The minimum atomic E-state index is -0.782. The zero-order chi connectivity index (χ0) is 30.0. The summed E-state index contributed by atoms with van der Waals surface area (Å²) < 4.78 is 1.66. The van der Waals surface area contributed by atoms with Crippen LogP contribution in [0.25, 0.3) is 11.1 Å². The predicted octanol–water partition coefficient (Wildman–Crippen LogP) is 2.94. The topological polar surface area (TPSA) is 138 Å². The smallest absolute Gasteiger partial charge is 0.248 e. The Kier molecular flexibility index (Phi) is 8.70. The summed E-state index contributed by atoms with van der Waals surface area (Å²) in [6, 6.07) is 6.17. The first-order valence-corrected chi connectivity index (χ1v) is 14.8. The van der Waals surface area contributed by atoms with E-state index in [4.69, 9.17) is 0 Å². The monoisotopic (exact) mass is 574 g/mol. The molecule has 2 aliphatic rings. The number of carbonyl (C=O) groups excluding carboxylic acids is 2. The molecule has 1 aromatic carbocycles. The van der Waals surface area contributed by atoms with Gasteiger partial charge >= 0.3 is 0 Å². The molecule has 3 N–H and O–H groups in total. The molecule has 2 aliphatic heterocycles. The van der Waals surface area contributed by atoms with Gasteiger partial charge in [-0.25, -0.2) is 14.6 Å². The Balaban J connectivity index is 1.31. The second-order valence-electron chi connectivity index (χ2n) is 12.7. The number of aryl methyl sites for hydroxylation is 1. The second kappa shape index (κ2) is 12.3. The third-order valence-electron chi connectivity index (χ3n) is 8.46. The SMILES string of the molecule is Cc1ncncc1-c1ccc([C@H](C)NC(=O)[C@@H]2C[C@@H](O)CN2C(=O)[C@@H](n2cc(C3CCNCC3)nn2)C(C)(C)C)cc1. The van der Waals surface area contributed by atoms with Gasteiger partial charge < -0.3 is 20.6 Å². The molecule has 42 heavy (non-hydrogen) atoms. The van der Waals surface area contributed by atoms with E-state index in [1.54, 1.807) is 10.9 Å². The normalized spacial score (nSPS) is 21.2. The standard InChI is InChI=1S/C31H42N8O3/c1-19(21-6-8-22(9-7-21)25-15-33-18-34-20(25)2)35-29(41)27-14-24(40)16-38(27)30(42)28(31(3,4)5)39-17-26(36-37-39)23-10-12-32-13-11-23/h6-9,15,17-19,23-24,27-28,32,40H,10-14,16H2,1-5H3,(H,35,41)/t19-,24+,27-,28+/m0/s1. The highest BCUT2D eigenvalue weighted by Gasteiger charge is 2.45. The van der Waals surface area contributed by atoms with Gasteiger partial charge in [0.2, 0.25) is 11.8 Å². The number of aliphatic hydroxyl groups excluding tert-OH is 1. The van der Waals surface area contributed by atoms with Crippen LogP contribution < -0.4 is 10.6 Å². The maximum atomic E-state index is 14.1. The van der Waals surface area contributed by atoms with Crippen LogP contribution in [0.3, 0.4) is 0 Å². The van der Waals surface area contributed by atoms with Crippen molar-refractivity contribution in [3.05, 3.63) is 59.9 Å². The van der Waals surface area contributed by atoms with E-state index in [0.29, 0.717) is 5.92 Å². The molecular formula is C31H42N8O3. The number of rotatable bonds is 7. The average Bonchev–Trinajstić information content (AvgIpc) is 3.60. The molecule has 2 saturated heterocycles. The summed E-state index contributed by atoms with van der Waals surface area (Å²) in [6.45, 7) is 11.8. The highest BCUT2D eigenvalue weighted by atomic mass is 16.3. The first-order valence-electron chi connectivity index (χ1n) is 14.8. The zero-order valence-corrected chi connectivity index (χ0v) is 25.1. The Bertz CT molecular complexity index is 1390. The average molecular weight is 575 g/mol. The third-order valence-corrected chi connectivity index (χ3v) is 8.46. The van der Waals surface area contributed by atoms with E-state index < -0.39 is 23.6 Å². The van der Waals surface area contributed by atoms with Gasteiger partial charge in [0, 0.05) is 42.5 Å². The quantitative estimate of drug-likeness (QED) is 0.392. The fraction of sp³-hybridized carbons (Fsp3) is 0.548. The first kappa shape index (κ1) is 29.8. The molecule has 0 unspecified atom stereocenters. The van der Waals surface area contributed by atoms with E-state index in [1.807, 2.05) is 65.1 Å². The number of hydrogen-bond acceptors (Lipinski definition) is 8. The number of carbonyl (C=O) groups is 2. The van der Waals surface area contributed by atoms with Crippen molar-refractivity contribution in [3.8, 4) is 11.1 Å². The van der Waals surface area contributed by atoms with Crippen LogP contribution in [-0.2, 0) is 9.59 Å². The summed E-state index contributed by atoms with van der Waals surface area (Å²) in [6.07, 6.45) is 6.57. The largest absolute Gasteiger partial charge is 0.391 e. The van der Waals surface area contributed by atoms with Crippen LogP contribution in [0, 0.1) is 12.3 Å². The lowest BCUT2D eigenvalue weighted by Crippen LogP contribution is -2.50. The van der Waals surface area contributed by atoms with Gasteiger partial charge in [-0.05, 0) is 56.3 Å². The molecule has 0 aliphatic carbocycles. The fourth-order valence-electron chi connectivity index (χ4n) is 6.08. The van der Waals surface area contributed by atoms with Crippen LogP contribution in [0.5, 0.6) is 0 Å². The van der Waals surface area contributed by atoms with Crippen LogP contribution in [-0.4, -0.2) is 78.6 Å². The van der Waals surface area contributed by atoms with Gasteiger partial charge in [0.05, 0.1) is 17.8 Å². The molecule has 224 valence electrons. The summed E-state index contributed by atoms with van der Waals surface area (Å²) in [5.74, 6) is -0.215. The summed E-state index contributed by atoms with van der Waals surface area (Å²) in [5, 5.41) is 25.8. The molecule has 0 bridgehead atoms. The number of nitrogens with one attached hydrogen (secondary N) is 2. The van der Waals surface area contributed by atoms with Crippen LogP contribution in [0.15, 0.2) is 43.0 Å². The van der Waals surface area contributed by atoms with Crippen molar-refractivity contribution in [3.63, 3.8) is 0 Å². The highest BCUT2D eigenvalue weighted by Crippen LogP contribution is 2.35. The van der Waals surface area contributed by atoms with Gasteiger partial charge in [-0.1, -0.05) is 50.3 Å². The molecule has 5 rings (SSSR count). The van der Waals surface area contributed by atoms with E-state index in [9.17, 15) is 14.7 Å². The number of nitrogens with zero attached hydrogens (tertiary/aromatic N) is 6. The maximum absolute atomic E-state index is 14.1. The molecule has 11 heteroatoms. The predicted molar refractivity (Wildman–Crippen MR) is 158 cm³/mol. The van der Waals surface area contributed by atoms with E-state index >= 15 is 0 Å². The maximum Gasteiger partial charge on any atom is 0.248 e. The molecule has 0 spiro atoms. The second-order valence-corrected chi connectivity index (χ2v) is 12.7. The Morgan fingerprint density at radius 2 is 1.86 bits per heavy atom. The van der Waals surface area contributed by atoms with Crippen LogP contribution in [0.2, 0.25) is 0 Å². The number of hydrogen-bond donors (Lipinski definition) is 3. The van der Waals surface area contributed by atoms with Crippen molar-refractivity contribution in [1.82, 2.24) is 40.5 Å². The summed E-state index contributed by atoms with van der Waals surface area (Å²) in [5.41, 5.74) is 4.17. The number of likely N-dealkylation sites (tertiary alicyclic amines) is 1. The zero-order valence-electron chi connectivity index (χ0n) is 25.1. The van der Waals surface area contributed by atoms with E-state index in [-0.39, 0.29) is 30.8 Å². The van der Waals surface area contributed by atoms with E-state index in [0.717, 1.165) is 54.0 Å². The van der Waals surface area contributed by atoms with Crippen LogP contribution in [0.1, 0.15) is 81.9 Å². The molecule has 2 aromatic heterocycles. The number of aromatic nitrogens is 5. The third kappa shape index (κ3) is 6.37. The lowest BCUT2D eigenvalue weighted by Gasteiger charge is -2.35. The van der Waals surface area contributed by atoms with Gasteiger partial charge in [-0.2, -0.15) is 0 Å². The molecule has 2 amide bonds. The molecule has 0 saturated carbocycles. The summed E-state index contributed by atoms with van der Waals surface area (Å²) in [4.78, 5) is 37.6. The lowest BCUT2D eigenvalue weighted by atomic mass is 9.85. The Labute approximate surface area is 247 Å². The van der Waals surface area contributed by atoms with Crippen molar-refractivity contribution in [1.29, 1.82) is 0 Å². The molecule has 2 fully saturated rings. The Hall–Kier alpha value is -3.70. The van der Waals surface area contributed by atoms with Crippen molar-refractivity contribution in [2.45, 2.75) is 84.0 Å². The molecule has 0 radical (unpaired) electrons. The fourth-order valence-corrected chi connectivity index (χ4v) is 6.08. The molecular weight excluding hydrogens is 532 g/mol. The van der Waals surface area contributed by atoms with Crippen LogP contribution >= 0.6 is 0 Å². The Morgan fingerprint density at radius 3 is 2.52 bits per heavy atom. The first-order chi connectivity index (χ1) is 20.0. The number of β-amino-alcohol motifs (C(OH)–C–C–N with tert-alkyl or cyclic N) is 1. The summed E-state index contributed by atoms with van der Waals surface area (Å²) in [7, 11) is 0. The van der Waals surface area contributed by atoms with Crippen molar-refractivity contribution in [2.75, 3.05) is 19.6 Å². The van der Waals surface area contributed by atoms with Gasteiger partial charge in [0.15, 0.2) is 0 Å². The molecule has 11 nitrogen and oxygen atoms in total. The van der Waals surface area contributed by atoms with E-state index in [1.165, 1.54) is 11.2 Å². The molecule has 4 heterocycles. The number of amides is 2. The van der Waals surface area contributed by atoms with Gasteiger partial charge in [-0.15, -0.1) is 5.10 Å². The lowest BCUT2D eigenvalue weighted by molar-refractivity contribution is -0.144. The van der Waals surface area contributed by atoms with Crippen molar-refractivity contribution < 1.29 is 14.7 Å². The van der Waals surface area contributed by atoms with E-state index in [2.05, 4.69) is 30.9 Å². The van der Waals surface area contributed by atoms with Crippen molar-refractivity contribution in [2.24, 2.45) is 5.41 Å². The molecule has 3 aromatic rings. The van der Waals surface area contributed by atoms with Gasteiger partial charge in [0.1, 0.15) is 18.4 Å². The Morgan fingerprint density at radius 1 is 1.14 bits per heavy atom. The van der Waals surface area contributed by atoms with Gasteiger partial charge in [-0.3, -0.25) is 9.59 Å².